The van der Waals surface area contributed by atoms with Crippen LogP contribution in [0.2, 0.25) is 0 Å². The molecule has 42 heavy (non-hydrogen) atoms. The molecule has 8 heteroatoms. The topological polar surface area (TPSA) is 87.9 Å². The predicted octanol–water partition coefficient (Wildman–Crippen LogP) is 6.57. The molecule has 0 saturated carbocycles. The van der Waals surface area contributed by atoms with E-state index in [1.807, 2.05) is 25.7 Å². The minimum atomic E-state index is -0.460. The summed E-state index contributed by atoms with van der Waals surface area (Å²) in [5.41, 5.74) is 3.47. The molecule has 3 aliphatic rings. The Bertz CT molecular complexity index is 1340. The minimum absolute atomic E-state index is 0.104. The van der Waals surface area contributed by atoms with Gasteiger partial charge < -0.3 is 19.3 Å². The van der Waals surface area contributed by atoms with Crippen molar-refractivity contribution < 1.29 is 19.4 Å². The van der Waals surface area contributed by atoms with Gasteiger partial charge in [-0.1, -0.05) is 42.5 Å². The molecule has 3 aliphatic heterocycles. The molecule has 1 aromatic heterocycles. The van der Waals surface area contributed by atoms with Crippen LogP contribution < -0.4 is 0 Å². The largest absolute Gasteiger partial charge is 0.483 e. The highest BCUT2D eigenvalue weighted by Gasteiger charge is 2.44. The summed E-state index contributed by atoms with van der Waals surface area (Å²) in [4.78, 5) is 30.8. The smallest absolute Gasteiger partial charge is 0.410 e. The number of amides is 1. The Morgan fingerprint density at radius 3 is 2.21 bits per heavy atom. The zero-order chi connectivity index (χ0) is 29.9. The highest BCUT2D eigenvalue weighted by Crippen LogP contribution is 2.45. The monoisotopic (exact) mass is 574 g/mol. The number of nitrogens with zero attached hydrogens (tertiary/aromatic N) is 4. The molecular formula is C34H46N4O4. The molecular weight excluding hydrogens is 528 g/mol. The zero-order valence-corrected chi connectivity index (χ0v) is 25.5. The number of piperidine rings is 2. The van der Waals surface area contributed by atoms with Gasteiger partial charge in [0.05, 0.1) is 11.0 Å². The lowest BCUT2D eigenvalue weighted by Crippen LogP contribution is -2.49. The van der Waals surface area contributed by atoms with Gasteiger partial charge in [-0.05, 0) is 102 Å². The number of carbonyl (C=O) groups is 2. The van der Waals surface area contributed by atoms with Crippen LogP contribution in [0.1, 0.15) is 83.1 Å². The molecule has 3 atom stereocenters. The van der Waals surface area contributed by atoms with E-state index in [1.54, 1.807) is 0 Å². The molecule has 226 valence electrons. The molecule has 1 amide bonds. The molecule has 4 heterocycles. The van der Waals surface area contributed by atoms with E-state index in [1.165, 1.54) is 36.8 Å². The lowest BCUT2D eigenvalue weighted by atomic mass is 9.70. The van der Waals surface area contributed by atoms with Crippen molar-refractivity contribution in [2.75, 3.05) is 19.6 Å². The number of hydrogen-bond acceptors (Lipinski definition) is 5. The van der Waals surface area contributed by atoms with Gasteiger partial charge in [-0.15, -0.1) is 0 Å². The molecule has 1 unspecified atom stereocenters. The van der Waals surface area contributed by atoms with Crippen LogP contribution in [0, 0.1) is 6.92 Å². The number of carboxylic acid groups (broad SMARTS) is 1. The normalized spacial score (nSPS) is 23.7. The number of aromatic nitrogens is 2. The summed E-state index contributed by atoms with van der Waals surface area (Å²) in [5, 5.41) is 6.89. The van der Waals surface area contributed by atoms with Crippen molar-refractivity contribution in [3.05, 3.63) is 66.0 Å². The number of ether oxygens (including phenoxy) is 1. The molecule has 0 radical (unpaired) electrons. The van der Waals surface area contributed by atoms with Crippen molar-refractivity contribution in [2.45, 2.75) is 102 Å². The van der Waals surface area contributed by atoms with Crippen LogP contribution in [0.4, 0.5) is 4.79 Å². The van der Waals surface area contributed by atoms with Crippen LogP contribution in [0.25, 0.3) is 11.0 Å². The van der Waals surface area contributed by atoms with E-state index in [4.69, 9.17) is 19.6 Å². The van der Waals surface area contributed by atoms with Crippen molar-refractivity contribution in [2.24, 2.45) is 0 Å². The summed E-state index contributed by atoms with van der Waals surface area (Å²) in [6.45, 7) is 10.4. The first kappa shape index (κ1) is 30.1. The average molecular weight is 575 g/mol. The van der Waals surface area contributed by atoms with Crippen molar-refractivity contribution in [3.63, 3.8) is 0 Å². The van der Waals surface area contributed by atoms with Gasteiger partial charge in [0.2, 0.25) is 0 Å². The molecule has 6 rings (SSSR count). The highest BCUT2D eigenvalue weighted by atomic mass is 16.6. The third kappa shape index (κ3) is 6.33. The Balaban J connectivity index is 0.00000113. The van der Waals surface area contributed by atoms with Gasteiger partial charge in [0.15, 0.2) is 0 Å². The average Bonchev–Trinajstić information content (AvgIpc) is 3.42. The van der Waals surface area contributed by atoms with E-state index in [0.717, 1.165) is 50.2 Å². The maximum absolute atomic E-state index is 12.8. The Hall–Kier alpha value is -3.39. The number of hydrogen-bond donors (Lipinski definition) is 1. The van der Waals surface area contributed by atoms with E-state index < -0.39 is 5.60 Å². The van der Waals surface area contributed by atoms with Crippen LogP contribution in [-0.2, 0) is 14.9 Å². The number of fused-ring (bicyclic) bond motifs is 3. The van der Waals surface area contributed by atoms with Crippen LogP contribution in [0.15, 0.2) is 54.6 Å². The van der Waals surface area contributed by atoms with Gasteiger partial charge in [-0.25, -0.2) is 9.78 Å². The van der Waals surface area contributed by atoms with Gasteiger partial charge in [0.1, 0.15) is 11.4 Å². The maximum atomic E-state index is 12.8. The third-order valence-electron chi connectivity index (χ3n) is 9.60. The standard InChI is InChI=1S/C33H44N4O2.CH2O2/c1-24-34-29-12-8-9-13-30(29)37(24)28-22-26-14-15-27(23-28)36(26)21-18-33(25-10-6-5-7-11-25)16-19-35(20-17-33)31(38)39-32(2,3)4;2-1-3/h5-13,26-28H,14-23H2,1-4H3;1H,(H,2,3)/t26-,27+,28?;. The Labute approximate surface area is 249 Å². The van der Waals surface area contributed by atoms with E-state index in [0.29, 0.717) is 18.1 Å². The molecule has 3 aromatic rings. The Morgan fingerprint density at radius 1 is 1.00 bits per heavy atom. The van der Waals surface area contributed by atoms with Crippen LogP contribution in [0.5, 0.6) is 0 Å². The van der Waals surface area contributed by atoms with Crippen molar-refractivity contribution in [1.82, 2.24) is 19.4 Å². The van der Waals surface area contributed by atoms with Gasteiger partial charge in [-0.3, -0.25) is 9.69 Å². The second-order valence-electron chi connectivity index (χ2n) is 13.2. The summed E-state index contributed by atoms with van der Waals surface area (Å²) < 4.78 is 8.21. The predicted molar refractivity (Wildman–Crippen MR) is 165 cm³/mol. The second kappa shape index (κ2) is 12.5. The molecule has 3 saturated heterocycles. The van der Waals surface area contributed by atoms with E-state index in [2.05, 4.69) is 71.0 Å². The summed E-state index contributed by atoms with van der Waals surface area (Å²) in [5.74, 6) is 1.15. The van der Waals surface area contributed by atoms with Gasteiger partial charge >= 0.3 is 6.09 Å². The summed E-state index contributed by atoms with van der Waals surface area (Å²) >= 11 is 0. The third-order valence-corrected chi connectivity index (χ3v) is 9.60. The molecule has 8 nitrogen and oxygen atoms in total. The fourth-order valence-electron chi connectivity index (χ4n) is 7.71. The maximum Gasteiger partial charge on any atom is 0.410 e. The molecule has 0 spiro atoms. The van der Waals surface area contributed by atoms with Gasteiger partial charge in [0.25, 0.3) is 6.47 Å². The first-order valence-corrected chi connectivity index (χ1v) is 15.4. The first-order valence-electron chi connectivity index (χ1n) is 15.4. The van der Waals surface area contributed by atoms with Crippen molar-refractivity contribution in [1.29, 1.82) is 0 Å². The number of rotatable bonds is 5. The molecule has 2 bridgehead atoms. The minimum Gasteiger partial charge on any atom is -0.483 e. The number of imidazole rings is 1. The Kier molecular flexibility index (Phi) is 8.92. The Morgan fingerprint density at radius 2 is 1.60 bits per heavy atom. The fraction of sp³-hybridized carbons (Fsp3) is 0.559. The van der Waals surface area contributed by atoms with E-state index >= 15 is 0 Å². The van der Waals surface area contributed by atoms with Gasteiger partial charge in [0, 0.05) is 31.2 Å². The van der Waals surface area contributed by atoms with Crippen LogP contribution >= 0.6 is 0 Å². The molecule has 1 N–H and O–H groups in total. The zero-order valence-electron chi connectivity index (χ0n) is 25.5. The number of aryl methyl sites for hydroxylation is 1. The van der Waals surface area contributed by atoms with Crippen molar-refractivity contribution in [3.8, 4) is 0 Å². The van der Waals surface area contributed by atoms with E-state index in [9.17, 15) is 4.79 Å². The number of para-hydroxylation sites is 2. The molecule has 2 aromatic carbocycles. The molecule has 3 fully saturated rings. The van der Waals surface area contributed by atoms with E-state index in [-0.39, 0.29) is 18.0 Å². The fourth-order valence-corrected chi connectivity index (χ4v) is 7.71. The second-order valence-corrected chi connectivity index (χ2v) is 13.2. The summed E-state index contributed by atoms with van der Waals surface area (Å²) in [6, 6.07) is 21.5. The number of benzene rings is 2. The van der Waals surface area contributed by atoms with Crippen molar-refractivity contribution >= 4 is 23.6 Å². The molecule has 0 aliphatic carbocycles. The lowest BCUT2D eigenvalue weighted by molar-refractivity contribution is -0.122. The number of likely N-dealkylation sites (tertiary alicyclic amines) is 1. The summed E-state index contributed by atoms with van der Waals surface area (Å²) in [7, 11) is 0. The van der Waals surface area contributed by atoms with Crippen LogP contribution in [-0.4, -0.2) is 74.3 Å². The first-order chi connectivity index (χ1) is 20.1. The number of carbonyl (C=O) groups excluding carboxylic acids is 1. The SMILES string of the molecule is Cc1nc2ccccc2n1C1C[C@H]2CC[C@@H](C1)N2CCC1(c2ccccc2)CCN(C(=O)OC(C)(C)C)CC1.O=CO. The lowest BCUT2D eigenvalue weighted by Gasteiger charge is -2.45. The summed E-state index contributed by atoms with van der Waals surface area (Å²) in [6.07, 6.45) is 7.97. The van der Waals surface area contributed by atoms with Gasteiger partial charge in [-0.2, -0.15) is 0 Å². The van der Waals surface area contributed by atoms with Crippen LogP contribution in [0.3, 0.4) is 0 Å². The quantitative estimate of drug-likeness (QED) is 0.347. The highest BCUT2D eigenvalue weighted by molar-refractivity contribution is 5.76.